The van der Waals surface area contributed by atoms with Gasteiger partial charge in [0.1, 0.15) is 0 Å². The van der Waals surface area contributed by atoms with Crippen molar-refractivity contribution in [2.45, 2.75) is 71.8 Å². The van der Waals surface area contributed by atoms with Gasteiger partial charge in [-0.3, -0.25) is 15.6 Å². The molecule has 0 radical (unpaired) electrons. The Morgan fingerprint density at radius 1 is 1.20 bits per heavy atom. The molecule has 1 aromatic heterocycles. The van der Waals surface area contributed by atoms with Crippen LogP contribution in [0.1, 0.15) is 73.0 Å². The number of fused-ring (bicyclic) bond motifs is 1. The Morgan fingerprint density at radius 2 is 1.92 bits per heavy atom. The molecule has 0 unspecified atom stereocenters. The number of hydrogen-bond acceptors (Lipinski definition) is 3. The molecule has 1 atom stereocenters. The van der Waals surface area contributed by atoms with E-state index in [0.29, 0.717) is 22.5 Å². The first kappa shape index (κ1) is 18.6. The summed E-state index contributed by atoms with van der Waals surface area (Å²) in [6.07, 6.45) is 8.20. The van der Waals surface area contributed by atoms with Gasteiger partial charge in [-0.15, -0.1) is 11.3 Å². The summed E-state index contributed by atoms with van der Waals surface area (Å²) in [7, 11) is 0. The van der Waals surface area contributed by atoms with Crippen molar-refractivity contribution < 1.29 is 4.79 Å². The third kappa shape index (κ3) is 4.73. The average molecular weight is 380 g/mol. The van der Waals surface area contributed by atoms with Gasteiger partial charge in [0.2, 0.25) is 0 Å². The number of thiophene rings is 1. The van der Waals surface area contributed by atoms with Crippen molar-refractivity contribution in [1.29, 1.82) is 0 Å². The summed E-state index contributed by atoms with van der Waals surface area (Å²) in [5, 5.41) is 3.77. The van der Waals surface area contributed by atoms with Crippen LogP contribution in [0.2, 0.25) is 0 Å². The van der Waals surface area contributed by atoms with Crippen molar-refractivity contribution in [2.24, 2.45) is 11.3 Å². The second kappa shape index (κ2) is 7.62. The smallest absolute Gasteiger partial charge is 0.279 e. The maximum Gasteiger partial charge on any atom is 0.279 e. The Kier molecular flexibility index (Phi) is 5.68. The van der Waals surface area contributed by atoms with Crippen molar-refractivity contribution in [3.8, 4) is 0 Å². The maximum absolute atomic E-state index is 12.4. The molecule has 25 heavy (non-hydrogen) atoms. The molecule has 0 bridgehead atoms. The van der Waals surface area contributed by atoms with Crippen LogP contribution >= 0.6 is 23.6 Å². The summed E-state index contributed by atoms with van der Waals surface area (Å²) in [6.45, 7) is 6.93. The molecule has 1 fully saturated rings. The van der Waals surface area contributed by atoms with Crippen molar-refractivity contribution in [1.82, 2.24) is 16.2 Å². The molecule has 3 rings (SSSR count). The van der Waals surface area contributed by atoms with Crippen LogP contribution < -0.4 is 16.2 Å². The lowest BCUT2D eigenvalue weighted by Gasteiger charge is -2.33. The minimum Gasteiger partial charge on any atom is -0.359 e. The normalized spacial score (nSPS) is 20.8. The van der Waals surface area contributed by atoms with E-state index in [1.165, 1.54) is 29.7 Å². The molecule has 1 aromatic rings. The molecule has 1 saturated carbocycles. The van der Waals surface area contributed by atoms with Crippen molar-refractivity contribution in [3.05, 3.63) is 21.4 Å². The zero-order valence-corrected chi connectivity index (χ0v) is 17.0. The highest BCUT2D eigenvalue weighted by Crippen LogP contribution is 2.40. The number of hydrogen-bond donors (Lipinski definition) is 3. The van der Waals surface area contributed by atoms with Gasteiger partial charge < -0.3 is 5.32 Å². The molecule has 138 valence electrons. The van der Waals surface area contributed by atoms with E-state index in [0.717, 1.165) is 30.6 Å². The molecule has 0 spiro atoms. The second-order valence-corrected chi connectivity index (χ2v) is 9.94. The summed E-state index contributed by atoms with van der Waals surface area (Å²) >= 11 is 6.89. The molecule has 2 aliphatic rings. The van der Waals surface area contributed by atoms with E-state index in [1.807, 2.05) is 0 Å². The number of thiocarbonyl (C=S) groups is 1. The van der Waals surface area contributed by atoms with Gasteiger partial charge in [0.15, 0.2) is 5.11 Å². The number of rotatable bonds is 2. The largest absolute Gasteiger partial charge is 0.359 e. The Labute approximate surface area is 160 Å². The number of amides is 1. The van der Waals surface area contributed by atoms with Crippen LogP contribution in [0.4, 0.5) is 0 Å². The Hall–Kier alpha value is -1.14. The first-order chi connectivity index (χ1) is 11.8. The van der Waals surface area contributed by atoms with Crippen molar-refractivity contribution in [3.63, 3.8) is 0 Å². The first-order valence-electron chi connectivity index (χ1n) is 9.31. The predicted octanol–water partition coefficient (Wildman–Crippen LogP) is 3.95. The molecule has 3 N–H and O–H groups in total. The zero-order chi connectivity index (χ0) is 18.0. The van der Waals surface area contributed by atoms with Gasteiger partial charge >= 0.3 is 0 Å². The van der Waals surface area contributed by atoms with Gasteiger partial charge in [-0.25, -0.2) is 0 Å². The third-order valence-corrected chi connectivity index (χ3v) is 6.97. The molecular weight excluding hydrogens is 350 g/mol. The van der Waals surface area contributed by atoms with Gasteiger partial charge in [0.05, 0.1) is 4.88 Å². The lowest BCUT2D eigenvalue weighted by molar-refractivity contribution is 0.0947. The Bertz CT molecular complexity index is 642. The predicted molar refractivity (Wildman–Crippen MR) is 108 cm³/mol. The highest BCUT2D eigenvalue weighted by atomic mass is 32.1. The molecule has 4 nitrogen and oxygen atoms in total. The molecule has 2 aliphatic carbocycles. The van der Waals surface area contributed by atoms with E-state index in [4.69, 9.17) is 12.2 Å². The fourth-order valence-corrected chi connectivity index (χ4v) is 5.16. The standard InChI is InChI=1S/C19H29N3OS2/c1-19(2,3)13-8-9-15-12(10-13)11-16(25-15)17(23)21-22-18(24)20-14-6-4-5-7-14/h11,13-14H,4-10H2,1-3H3,(H,21,23)(H2,20,22,24)/t13-/m0/s1. The number of aryl methyl sites for hydroxylation is 1. The molecule has 1 heterocycles. The van der Waals surface area contributed by atoms with E-state index < -0.39 is 0 Å². The maximum atomic E-state index is 12.4. The minimum atomic E-state index is -0.0951. The van der Waals surface area contributed by atoms with Crippen LogP contribution in [-0.4, -0.2) is 17.1 Å². The zero-order valence-electron chi connectivity index (χ0n) is 15.4. The average Bonchev–Trinajstić information content (AvgIpc) is 3.19. The first-order valence-corrected chi connectivity index (χ1v) is 10.5. The molecule has 1 amide bonds. The van der Waals surface area contributed by atoms with E-state index in [9.17, 15) is 4.79 Å². The topological polar surface area (TPSA) is 53.2 Å². The number of carbonyl (C=O) groups is 1. The van der Waals surface area contributed by atoms with Gasteiger partial charge in [-0.05, 0) is 67.3 Å². The van der Waals surface area contributed by atoms with Crippen LogP contribution in [0.15, 0.2) is 6.07 Å². The summed E-state index contributed by atoms with van der Waals surface area (Å²) in [4.78, 5) is 14.6. The van der Waals surface area contributed by atoms with Crippen LogP contribution in [0.5, 0.6) is 0 Å². The fraction of sp³-hybridized carbons (Fsp3) is 0.684. The van der Waals surface area contributed by atoms with Crippen LogP contribution in [0, 0.1) is 11.3 Å². The Morgan fingerprint density at radius 3 is 2.60 bits per heavy atom. The highest BCUT2D eigenvalue weighted by molar-refractivity contribution is 7.80. The fourth-order valence-electron chi connectivity index (χ4n) is 3.84. The molecule has 6 heteroatoms. The SMILES string of the molecule is CC(C)(C)[C@H]1CCc2sc(C(=O)NNC(=S)NC3CCCC3)cc2C1. The lowest BCUT2D eigenvalue weighted by atomic mass is 9.72. The second-order valence-electron chi connectivity index (χ2n) is 8.40. The quantitative estimate of drug-likeness (QED) is 0.538. The molecule has 0 aromatic carbocycles. The van der Waals surface area contributed by atoms with Crippen molar-refractivity contribution >= 4 is 34.6 Å². The number of carbonyl (C=O) groups excluding carboxylic acids is 1. The van der Waals surface area contributed by atoms with Gasteiger partial charge in [0, 0.05) is 10.9 Å². The van der Waals surface area contributed by atoms with Crippen LogP contribution in [0.3, 0.4) is 0 Å². The minimum absolute atomic E-state index is 0.0951. The van der Waals surface area contributed by atoms with Crippen molar-refractivity contribution in [2.75, 3.05) is 0 Å². The van der Waals surface area contributed by atoms with Gasteiger partial charge in [0.25, 0.3) is 5.91 Å². The Balaban J connectivity index is 1.53. The summed E-state index contributed by atoms with van der Waals surface area (Å²) in [5.41, 5.74) is 7.27. The third-order valence-electron chi connectivity index (χ3n) is 5.51. The van der Waals surface area contributed by atoms with Gasteiger partial charge in [-0.1, -0.05) is 33.6 Å². The highest BCUT2D eigenvalue weighted by Gasteiger charge is 2.30. The van der Waals surface area contributed by atoms with Gasteiger partial charge in [-0.2, -0.15) is 0 Å². The number of hydrazine groups is 1. The molecule has 0 aliphatic heterocycles. The summed E-state index contributed by atoms with van der Waals surface area (Å²) in [6, 6.07) is 2.52. The lowest BCUT2D eigenvalue weighted by Crippen LogP contribution is -2.49. The molecule has 0 saturated heterocycles. The van der Waals surface area contributed by atoms with E-state index in [2.05, 4.69) is 43.0 Å². The molecular formula is C19H29N3OS2. The van der Waals surface area contributed by atoms with E-state index >= 15 is 0 Å². The summed E-state index contributed by atoms with van der Waals surface area (Å²) < 4.78 is 0. The van der Waals surface area contributed by atoms with Crippen LogP contribution in [-0.2, 0) is 12.8 Å². The number of nitrogens with one attached hydrogen (secondary N) is 3. The van der Waals surface area contributed by atoms with Crippen LogP contribution in [0.25, 0.3) is 0 Å². The monoisotopic (exact) mass is 379 g/mol. The van der Waals surface area contributed by atoms with E-state index in [1.54, 1.807) is 11.3 Å². The van der Waals surface area contributed by atoms with E-state index in [-0.39, 0.29) is 5.91 Å². The summed E-state index contributed by atoms with van der Waals surface area (Å²) in [5.74, 6) is 0.592.